The van der Waals surface area contributed by atoms with Crippen LogP contribution in [0.4, 0.5) is 0 Å². The summed E-state index contributed by atoms with van der Waals surface area (Å²) in [7, 11) is 0. The molecule has 0 amide bonds. The standard InChI is InChI=1S/C5H16N4O4/c1-3(11-7)5(13-9)4(12-8)2-10-6/h3-5H,2,6-9H2,1H3. The molecule has 0 fully saturated rings. The van der Waals surface area contributed by atoms with Crippen molar-refractivity contribution >= 4 is 0 Å². The topological polar surface area (TPSA) is 141 Å². The zero-order valence-corrected chi connectivity index (χ0v) is 7.38. The summed E-state index contributed by atoms with van der Waals surface area (Å²) in [6.45, 7) is 1.66. The highest BCUT2D eigenvalue weighted by Gasteiger charge is 2.29. The molecule has 0 saturated carbocycles. The summed E-state index contributed by atoms with van der Waals surface area (Å²) in [5.41, 5.74) is 0. The van der Waals surface area contributed by atoms with Crippen molar-refractivity contribution in [3.05, 3.63) is 0 Å². The molecule has 0 radical (unpaired) electrons. The quantitative estimate of drug-likeness (QED) is 0.332. The van der Waals surface area contributed by atoms with Crippen molar-refractivity contribution in [1.82, 2.24) is 0 Å². The van der Waals surface area contributed by atoms with Gasteiger partial charge in [0.05, 0.1) is 6.61 Å². The second-order valence-electron chi connectivity index (χ2n) is 2.45. The molecule has 0 aliphatic rings. The predicted octanol–water partition coefficient (Wildman–Crippen LogP) is -2.33. The van der Waals surface area contributed by atoms with Crippen molar-refractivity contribution in [3.63, 3.8) is 0 Å². The molecule has 0 aliphatic heterocycles. The first kappa shape index (κ1) is 12.7. The van der Waals surface area contributed by atoms with Crippen molar-refractivity contribution in [3.8, 4) is 0 Å². The SMILES string of the molecule is CC(ON)C(ON)C(CON)ON. The molecular formula is C5H16N4O4. The fourth-order valence-corrected chi connectivity index (χ4v) is 0.884. The third kappa shape index (κ3) is 3.93. The van der Waals surface area contributed by atoms with Crippen LogP contribution >= 0.6 is 0 Å². The van der Waals surface area contributed by atoms with E-state index in [-0.39, 0.29) is 6.61 Å². The summed E-state index contributed by atoms with van der Waals surface area (Å²) in [6.07, 6.45) is -1.79. The second-order valence-corrected chi connectivity index (χ2v) is 2.45. The van der Waals surface area contributed by atoms with E-state index in [4.69, 9.17) is 23.6 Å². The monoisotopic (exact) mass is 196 g/mol. The van der Waals surface area contributed by atoms with Crippen LogP contribution in [0.25, 0.3) is 0 Å². The van der Waals surface area contributed by atoms with Crippen LogP contribution in [0.5, 0.6) is 0 Å². The lowest BCUT2D eigenvalue weighted by atomic mass is 10.1. The van der Waals surface area contributed by atoms with E-state index in [1.165, 1.54) is 0 Å². The van der Waals surface area contributed by atoms with Crippen LogP contribution in [0.15, 0.2) is 0 Å². The van der Waals surface area contributed by atoms with Gasteiger partial charge in [-0.3, -0.25) is 14.5 Å². The van der Waals surface area contributed by atoms with E-state index < -0.39 is 18.3 Å². The van der Waals surface area contributed by atoms with E-state index in [0.717, 1.165) is 0 Å². The lowest BCUT2D eigenvalue weighted by Crippen LogP contribution is -2.47. The van der Waals surface area contributed by atoms with Gasteiger partial charge in [0.2, 0.25) is 0 Å². The Morgan fingerprint density at radius 3 is 1.92 bits per heavy atom. The Bertz CT molecular complexity index is 127. The van der Waals surface area contributed by atoms with Crippen LogP contribution in [0.1, 0.15) is 6.92 Å². The fraction of sp³-hybridized carbons (Fsp3) is 1.00. The van der Waals surface area contributed by atoms with Gasteiger partial charge in [-0.15, -0.1) is 0 Å². The molecule has 0 heterocycles. The van der Waals surface area contributed by atoms with Crippen molar-refractivity contribution in [2.24, 2.45) is 23.6 Å². The Hall–Kier alpha value is -0.320. The highest BCUT2D eigenvalue weighted by atomic mass is 16.7. The normalized spacial score (nSPS) is 18.2. The van der Waals surface area contributed by atoms with Crippen molar-refractivity contribution in [2.75, 3.05) is 6.61 Å². The minimum atomic E-state index is -0.654. The smallest absolute Gasteiger partial charge is 0.137 e. The Kier molecular flexibility index (Phi) is 6.94. The minimum Gasteiger partial charge on any atom is -0.302 e. The molecule has 0 aromatic heterocycles. The van der Waals surface area contributed by atoms with E-state index in [2.05, 4.69) is 19.4 Å². The average Bonchev–Trinajstić information content (AvgIpc) is 2.17. The lowest BCUT2D eigenvalue weighted by Gasteiger charge is -2.25. The first-order valence-corrected chi connectivity index (χ1v) is 3.59. The minimum absolute atomic E-state index is 0.0199. The van der Waals surface area contributed by atoms with Gasteiger partial charge in [-0.25, -0.2) is 23.6 Å². The summed E-state index contributed by atoms with van der Waals surface area (Å²) >= 11 is 0. The predicted molar refractivity (Wildman–Crippen MR) is 43.0 cm³/mol. The van der Waals surface area contributed by atoms with Gasteiger partial charge in [-0.05, 0) is 6.92 Å². The first-order valence-electron chi connectivity index (χ1n) is 3.59. The summed E-state index contributed by atoms with van der Waals surface area (Å²) in [6, 6.07) is 0. The summed E-state index contributed by atoms with van der Waals surface area (Å²) in [5.74, 6) is 19.7. The average molecular weight is 196 g/mol. The third-order valence-corrected chi connectivity index (χ3v) is 1.64. The van der Waals surface area contributed by atoms with Crippen LogP contribution in [0.3, 0.4) is 0 Å². The number of hydrogen-bond acceptors (Lipinski definition) is 8. The Morgan fingerprint density at radius 2 is 1.62 bits per heavy atom. The molecule has 0 bridgehead atoms. The van der Waals surface area contributed by atoms with Gasteiger partial charge in [0.15, 0.2) is 0 Å². The molecule has 8 N–H and O–H groups in total. The Morgan fingerprint density at radius 1 is 1.00 bits per heavy atom. The molecule has 0 spiro atoms. The fourth-order valence-electron chi connectivity index (χ4n) is 0.884. The second kappa shape index (κ2) is 7.12. The van der Waals surface area contributed by atoms with Crippen LogP contribution in [-0.2, 0) is 19.4 Å². The summed E-state index contributed by atoms with van der Waals surface area (Å²) < 4.78 is 0. The van der Waals surface area contributed by atoms with E-state index in [9.17, 15) is 0 Å². The van der Waals surface area contributed by atoms with E-state index in [1.54, 1.807) is 6.92 Å². The molecule has 3 unspecified atom stereocenters. The van der Waals surface area contributed by atoms with Gasteiger partial charge in [-0.2, -0.15) is 0 Å². The Balaban J connectivity index is 4.15. The van der Waals surface area contributed by atoms with Gasteiger partial charge in [0, 0.05) is 0 Å². The molecule has 0 aliphatic carbocycles. The number of hydrogen-bond donors (Lipinski definition) is 4. The highest BCUT2D eigenvalue weighted by Crippen LogP contribution is 2.07. The number of nitrogens with two attached hydrogens (primary N) is 4. The van der Waals surface area contributed by atoms with Crippen molar-refractivity contribution < 1.29 is 19.4 Å². The van der Waals surface area contributed by atoms with Crippen molar-refractivity contribution in [2.45, 2.75) is 25.2 Å². The van der Waals surface area contributed by atoms with Gasteiger partial charge in [-0.1, -0.05) is 0 Å². The van der Waals surface area contributed by atoms with E-state index in [0.29, 0.717) is 0 Å². The molecular weight excluding hydrogens is 180 g/mol. The van der Waals surface area contributed by atoms with E-state index in [1.807, 2.05) is 0 Å². The maximum Gasteiger partial charge on any atom is 0.137 e. The first-order chi connectivity index (χ1) is 6.21. The molecule has 13 heavy (non-hydrogen) atoms. The molecule has 0 aromatic rings. The van der Waals surface area contributed by atoms with Gasteiger partial charge < -0.3 is 4.84 Å². The molecule has 8 nitrogen and oxygen atoms in total. The van der Waals surface area contributed by atoms with Gasteiger partial charge >= 0.3 is 0 Å². The van der Waals surface area contributed by atoms with Crippen LogP contribution < -0.4 is 23.6 Å². The lowest BCUT2D eigenvalue weighted by molar-refractivity contribution is -0.156. The van der Waals surface area contributed by atoms with E-state index >= 15 is 0 Å². The highest BCUT2D eigenvalue weighted by molar-refractivity contribution is 4.74. The largest absolute Gasteiger partial charge is 0.302 e. The molecule has 0 rings (SSSR count). The third-order valence-electron chi connectivity index (χ3n) is 1.64. The maximum absolute atomic E-state index is 4.99. The Labute approximate surface area is 75.8 Å². The molecule has 3 atom stereocenters. The molecule has 0 saturated heterocycles. The summed E-state index contributed by atoms with van der Waals surface area (Å²) in [4.78, 5) is 17.9. The van der Waals surface area contributed by atoms with Gasteiger partial charge in [0.1, 0.15) is 18.3 Å². The summed E-state index contributed by atoms with van der Waals surface area (Å²) in [5, 5.41) is 0. The van der Waals surface area contributed by atoms with Crippen LogP contribution in [0, 0.1) is 0 Å². The van der Waals surface area contributed by atoms with Crippen LogP contribution in [-0.4, -0.2) is 24.9 Å². The van der Waals surface area contributed by atoms with Gasteiger partial charge in [0.25, 0.3) is 0 Å². The van der Waals surface area contributed by atoms with Crippen LogP contribution in [0.2, 0.25) is 0 Å². The molecule has 0 aromatic carbocycles. The zero-order valence-electron chi connectivity index (χ0n) is 7.38. The van der Waals surface area contributed by atoms with Crippen molar-refractivity contribution in [1.29, 1.82) is 0 Å². The zero-order chi connectivity index (χ0) is 10.3. The number of rotatable bonds is 7. The molecule has 80 valence electrons. The maximum atomic E-state index is 4.99. The molecule has 8 heteroatoms.